The predicted molar refractivity (Wildman–Crippen MR) is 58.0 cm³/mol. The highest BCUT2D eigenvalue weighted by Crippen LogP contribution is 2.12. The van der Waals surface area contributed by atoms with E-state index >= 15 is 0 Å². The predicted octanol–water partition coefficient (Wildman–Crippen LogP) is -1.27. The highest BCUT2D eigenvalue weighted by molar-refractivity contribution is 5.82. The van der Waals surface area contributed by atoms with Crippen LogP contribution in [0.4, 0.5) is 0 Å². The summed E-state index contributed by atoms with van der Waals surface area (Å²) in [6.07, 6.45) is 0.425. The van der Waals surface area contributed by atoms with Crippen molar-refractivity contribution < 1.29 is 14.7 Å². The number of aromatic amines is 1. The quantitative estimate of drug-likeness (QED) is 0.609. The normalized spacial score (nSPS) is 12.1. The van der Waals surface area contributed by atoms with E-state index in [2.05, 4.69) is 4.98 Å². The topological polar surface area (TPSA) is 121 Å². The van der Waals surface area contributed by atoms with E-state index in [1.807, 2.05) is 0 Å². The van der Waals surface area contributed by atoms with E-state index < -0.39 is 23.7 Å². The Bertz CT molecular complexity index is 489. The minimum Gasteiger partial charge on any atom is -0.493 e. The average Bonchev–Trinajstić information content (AvgIpc) is 2.52. The Morgan fingerprint density at radius 1 is 1.65 bits per heavy atom. The maximum absolute atomic E-state index is 11.4. The summed E-state index contributed by atoms with van der Waals surface area (Å²) in [5.74, 6) is -1.40. The van der Waals surface area contributed by atoms with Gasteiger partial charge in [0.25, 0.3) is 0 Å². The lowest BCUT2D eigenvalue weighted by atomic mass is 10.4. The van der Waals surface area contributed by atoms with E-state index in [-0.39, 0.29) is 12.4 Å². The van der Waals surface area contributed by atoms with Crippen molar-refractivity contribution in [3.05, 3.63) is 16.7 Å². The van der Waals surface area contributed by atoms with Gasteiger partial charge in [-0.15, -0.1) is 0 Å². The van der Waals surface area contributed by atoms with Gasteiger partial charge in [-0.05, 0) is 6.92 Å². The van der Waals surface area contributed by atoms with E-state index in [1.54, 1.807) is 6.92 Å². The van der Waals surface area contributed by atoms with Gasteiger partial charge in [-0.25, -0.2) is 4.79 Å². The van der Waals surface area contributed by atoms with Crippen LogP contribution in [0, 0.1) is 0 Å². The summed E-state index contributed by atoms with van der Waals surface area (Å²) in [6, 6.07) is 0. The summed E-state index contributed by atoms with van der Waals surface area (Å²) in [4.78, 5) is 36.8. The Balaban J connectivity index is 3.03. The molecule has 8 nitrogen and oxygen atoms in total. The molecule has 17 heavy (non-hydrogen) atoms. The number of H-pyrrole nitrogens is 1. The van der Waals surface area contributed by atoms with Crippen molar-refractivity contribution in [3.8, 4) is 5.88 Å². The van der Waals surface area contributed by atoms with E-state index in [4.69, 9.17) is 10.8 Å². The van der Waals surface area contributed by atoms with Crippen LogP contribution in [0.15, 0.2) is 11.0 Å². The molecule has 0 bridgehead atoms. The highest BCUT2D eigenvalue weighted by Gasteiger charge is 2.21. The lowest BCUT2D eigenvalue weighted by Gasteiger charge is -2.26. The Morgan fingerprint density at radius 2 is 2.24 bits per heavy atom. The molecule has 1 atom stereocenters. The summed E-state index contributed by atoms with van der Waals surface area (Å²) in [7, 11) is 0. The minimum absolute atomic E-state index is 0.297. The smallest absolute Gasteiger partial charge is 0.330 e. The molecule has 8 heteroatoms. The van der Waals surface area contributed by atoms with Gasteiger partial charge in [0.05, 0.1) is 6.20 Å². The first-order valence-corrected chi connectivity index (χ1v) is 4.88. The van der Waals surface area contributed by atoms with Crippen LogP contribution in [0.25, 0.3) is 0 Å². The molecule has 1 heterocycles. The first-order chi connectivity index (χ1) is 7.82. The number of imidazole rings is 1. The lowest BCUT2D eigenvalue weighted by molar-refractivity contribution is -0.137. The Hall–Kier alpha value is -2.25. The fourth-order valence-electron chi connectivity index (χ4n) is 1.50. The van der Waals surface area contributed by atoms with Gasteiger partial charge >= 0.3 is 5.69 Å². The summed E-state index contributed by atoms with van der Waals surface area (Å²) in [5.41, 5.74) is 4.43. The van der Waals surface area contributed by atoms with Crippen LogP contribution in [0.5, 0.6) is 5.88 Å². The number of amides is 2. The molecule has 0 radical (unpaired) electrons. The van der Waals surface area contributed by atoms with Crippen molar-refractivity contribution >= 4 is 11.8 Å². The number of rotatable bonds is 4. The molecule has 1 aromatic rings. The molecule has 94 valence electrons. The third-order valence-electron chi connectivity index (χ3n) is 2.32. The molecule has 0 spiro atoms. The van der Waals surface area contributed by atoms with Gasteiger partial charge in [0.15, 0.2) is 0 Å². The molecular weight excluding hydrogens is 228 g/mol. The Morgan fingerprint density at radius 3 is 2.59 bits per heavy atom. The number of hydrogen-bond acceptors (Lipinski definition) is 4. The minimum atomic E-state index is -0.718. The van der Waals surface area contributed by atoms with Crippen LogP contribution in [-0.2, 0) is 9.59 Å². The number of carbonyl (C=O) groups is 2. The van der Waals surface area contributed by atoms with E-state index in [0.717, 1.165) is 15.7 Å². The van der Waals surface area contributed by atoms with Crippen molar-refractivity contribution in [1.29, 1.82) is 0 Å². The molecule has 0 aliphatic rings. The maximum atomic E-state index is 11.4. The van der Waals surface area contributed by atoms with Crippen LogP contribution in [0.2, 0.25) is 0 Å². The average molecular weight is 242 g/mol. The molecule has 4 N–H and O–H groups in total. The summed E-state index contributed by atoms with van der Waals surface area (Å²) >= 11 is 0. The fourth-order valence-corrected chi connectivity index (χ4v) is 1.50. The molecule has 0 saturated heterocycles. The Kier molecular flexibility index (Phi) is 3.56. The standard InChI is InChI=1S/C9H14N4O4/c1-5(12(6(2)14)3-7(10)15)13-4-8(16)11-9(13)17/h4-5,16H,3H2,1-2H3,(H2,10,15)(H,11,17). The molecule has 1 unspecified atom stereocenters. The number of carbonyl (C=O) groups excluding carboxylic acids is 2. The second-order valence-electron chi connectivity index (χ2n) is 3.60. The largest absolute Gasteiger partial charge is 0.493 e. The van der Waals surface area contributed by atoms with E-state index in [1.165, 1.54) is 6.92 Å². The van der Waals surface area contributed by atoms with Crippen LogP contribution in [0.1, 0.15) is 20.0 Å². The third-order valence-corrected chi connectivity index (χ3v) is 2.32. The monoisotopic (exact) mass is 242 g/mol. The first-order valence-electron chi connectivity index (χ1n) is 4.88. The molecule has 0 aliphatic carbocycles. The third kappa shape index (κ3) is 2.86. The van der Waals surface area contributed by atoms with Gasteiger partial charge in [0.2, 0.25) is 17.7 Å². The second-order valence-corrected chi connectivity index (χ2v) is 3.60. The zero-order chi connectivity index (χ0) is 13.2. The van der Waals surface area contributed by atoms with Crippen molar-refractivity contribution in [3.63, 3.8) is 0 Å². The van der Waals surface area contributed by atoms with Crippen LogP contribution < -0.4 is 11.4 Å². The van der Waals surface area contributed by atoms with Gasteiger partial charge in [-0.1, -0.05) is 0 Å². The molecule has 1 aromatic heterocycles. The molecule has 2 amide bonds. The highest BCUT2D eigenvalue weighted by atomic mass is 16.3. The van der Waals surface area contributed by atoms with E-state index in [9.17, 15) is 14.4 Å². The Labute approximate surface area is 96.6 Å². The summed E-state index contributed by atoms with van der Waals surface area (Å²) < 4.78 is 1.10. The number of aromatic hydroxyl groups is 1. The number of aromatic nitrogens is 2. The SMILES string of the molecule is CC(=O)N(CC(N)=O)C(C)n1cc(O)[nH]c1=O. The number of nitrogens with two attached hydrogens (primary N) is 1. The zero-order valence-corrected chi connectivity index (χ0v) is 9.51. The molecule has 0 aliphatic heterocycles. The number of nitrogens with one attached hydrogen (secondary N) is 1. The van der Waals surface area contributed by atoms with Gasteiger partial charge in [0, 0.05) is 6.92 Å². The zero-order valence-electron chi connectivity index (χ0n) is 9.51. The first kappa shape index (κ1) is 12.8. The summed E-state index contributed by atoms with van der Waals surface area (Å²) in [5, 5.41) is 9.11. The summed E-state index contributed by atoms with van der Waals surface area (Å²) in [6.45, 7) is 2.50. The van der Waals surface area contributed by atoms with Gasteiger partial charge < -0.3 is 15.7 Å². The van der Waals surface area contributed by atoms with Crippen molar-refractivity contribution in [2.75, 3.05) is 6.54 Å². The maximum Gasteiger partial charge on any atom is 0.330 e. The number of primary amides is 1. The van der Waals surface area contributed by atoms with Gasteiger partial charge in [0.1, 0.15) is 12.7 Å². The fraction of sp³-hybridized carbons (Fsp3) is 0.444. The van der Waals surface area contributed by atoms with Crippen molar-refractivity contribution in [2.24, 2.45) is 5.73 Å². The molecule has 1 rings (SSSR count). The second kappa shape index (κ2) is 4.73. The van der Waals surface area contributed by atoms with E-state index in [0.29, 0.717) is 0 Å². The van der Waals surface area contributed by atoms with Crippen LogP contribution in [-0.4, -0.2) is 37.9 Å². The van der Waals surface area contributed by atoms with Crippen LogP contribution >= 0.6 is 0 Å². The van der Waals surface area contributed by atoms with Crippen LogP contribution in [0.3, 0.4) is 0 Å². The molecule has 0 fully saturated rings. The molecule has 0 saturated carbocycles. The molecular formula is C9H14N4O4. The van der Waals surface area contributed by atoms with Crippen molar-refractivity contribution in [1.82, 2.24) is 14.5 Å². The van der Waals surface area contributed by atoms with Gasteiger partial charge in [-0.2, -0.15) is 0 Å². The number of nitrogens with zero attached hydrogens (tertiary/aromatic N) is 2. The molecule has 0 aromatic carbocycles. The lowest BCUT2D eigenvalue weighted by Crippen LogP contribution is -2.42. The number of hydrogen-bond donors (Lipinski definition) is 3. The van der Waals surface area contributed by atoms with Crippen molar-refractivity contribution in [2.45, 2.75) is 20.0 Å². The van der Waals surface area contributed by atoms with Gasteiger partial charge in [-0.3, -0.25) is 19.1 Å².